The summed E-state index contributed by atoms with van der Waals surface area (Å²) in [6.07, 6.45) is 0.698. The minimum atomic E-state index is -0.0455. The number of benzene rings is 3. The van der Waals surface area contributed by atoms with Gasteiger partial charge in [-0.3, -0.25) is 14.4 Å². The molecule has 1 aromatic heterocycles. The van der Waals surface area contributed by atoms with Crippen LogP contribution in [0.25, 0.3) is 16.6 Å². The standard InChI is InChI=1S/C29H30N2O3/c1-19-11-12-25-26(17-19)31(23-15-20(2)14-21(3)16-23)29(34)27(25)28(22-8-5-4-6-9-22)30-18-24(33)10-7-13-32/h4-6,8-9,11-12,14-17,32,34H,7,10,13,18H2,1-3H3. The van der Waals surface area contributed by atoms with Gasteiger partial charge in [-0.2, -0.15) is 0 Å². The van der Waals surface area contributed by atoms with Gasteiger partial charge in [-0.05, 0) is 62.1 Å². The van der Waals surface area contributed by atoms with Crippen LogP contribution in [0.3, 0.4) is 0 Å². The van der Waals surface area contributed by atoms with Crippen molar-refractivity contribution in [3.8, 4) is 11.6 Å². The summed E-state index contributed by atoms with van der Waals surface area (Å²) in [5.74, 6) is 0.0480. The van der Waals surface area contributed by atoms with Crippen molar-refractivity contribution in [3.63, 3.8) is 0 Å². The number of fused-ring (bicyclic) bond motifs is 1. The molecule has 5 nitrogen and oxygen atoms in total. The number of rotatable bonds is 8. The largest absolute Gasteiger partial charge is 0.494 e. The Morgan fingerprint density at radius 3 is 2.29 bits per heavy atom. The van der Waals surface area contributed by atoms with Crippen LogP contribution < -0.4 is 0 Å². The van der Waals surface area contributed by atoms with Crippen LogP contribution in [0.4, 0.5) is 0 Å². The molecule has 0 saturated carbocycles. The van der Waals surface area contributed by atoms with E-state index in [9.17, 15) is 9.90 Å². The van der Waals surface area contributed by atoms with Gasteiger partial charge >= 0.3 is 0 Å². The Bertz CT molecular complexity index is 1350. The van der Waals surface area contributed by atoms with Crippen LogP contribution in [0.15, 0.2) is 71.7 Å². The number of aliphatic imine (C=N–C) groups is 1. The van der Waals surface area contributed by atoms with E-state index in [1.807, 2.05) is 67.8 Å². The zero-order valence-corrected chi connectivity index (χ0v) is 19.9. The number of aryl methyl sites for hydroxylation is 3. The van der Waals surface area contributed by atoms with Crippen LogP contribution in [-0.2, 0) is 4.79 Å². The molecule has 1 heterocycles. The number of aromatic nitrogens is 1. The van der Waals surface area contributed by atoms with Crippen LogP contribution in [0.2, 0.25) is 0 Å². The first-order chi connectivity index (χ1) is 16.4. The summed E-state index contributed by atoms with van der Waals surface area (Å²) in [5.41, 5.74) is 7.07. The molecule has 4 rings (SSSR count). The second-order valence-electron chi connectivity index (χ2n) is 8.80. The van der Waals surface area contributed by atoms with Gasteiger partial charge in [0.15, 0.2) is 5.78 Å². The topological polar surface area (TPSA) is 74.8 Å². The van der Waals surface area contributed by atoms with Gasteiger partial charge in [0.1, 0.15) is 0 Å². The van der Waals surface area contributed by atoms with Gasteiger partial charge in [0.25, 0.3) is 0 Å². The fourth-order valence-corrected chi connectivity index (χ4v) is 4.39. The fraction of sp³-hybridized carbons (Fsp3) is 0.241. The highest BCUT2D eigenvalue weighted by Crippen LogP contribution is 2.37. The molecule has 0 bridgehead atoms. The number of aromatic hydroxyl groups is 1. The summed E-state index contributed by atoms with van der Waals surface area (Å²) < 4.78 is 1.86. The average Bonchev–Trinajstić information content (AvgIpc) is 3.09. The zero-order chi connectivity index (χ0) is 24.2. The molecule has 0 aliphatic heterocycles. The first kappa shape index (κ1) is 23.5. The number of ketones is 1. The van der Waals surface area contributed by atoms with E-state index in [-0.39, 0.29) is 31.2 Å². The average molecular weight is 455 g/mol. The molecule has 34 heavy (non-hydrogen) atoms. The van der Waals surface area contributed by atoms with Gasteiger partial charge in [0.05, 0.1) is 23.3 Å². The molecule has 0 aliphatic carbocycles. The smallest absolute Gasteiger partial charge is 0.206 e. The lowest BCUT2D eigenvalue weighted by Crippen LogP contribution is -2.10. The minimum absolute atomic E-state index is 0.00818. The summed E-state index contributed by atoms with van der Waals surface area (Å²) >= 11 is 0. The molecule has 174 valence electrons. The molecule has 3 aromatic carbocycles. The Morgan fingerprint density at radius 2 is 1.62 bits per heavy atom. The summed E-state index contributed by atoms with van der Waals surface area (Å²) in [4.78, 5) is 17.1. The molecule has 4 aromatic rings. The molecule has 0 amide bonds. The molecule has 0 atom stereocenters. The van der Waals surface area contributed by atoms with Crippen molar-refractivity contribution in [1.82, 2.24) is 4.57 Å². The molecule has 0 saturated heterocycles. The predicted octanol–water partition coefficient (Wildman–Crippen LogP) is 5.44. The van der Waals surface area contributed by atoms with Crippen LogP contribution in [0.5, 0.6) is 5.88 Å². The Labute approximate surface area is 200 Å². The first-order valence-corrected chi connectivity index (χ1v) is 11.5. The number of carbonyl (C=O) groups is 1. The first-order valence-electron chi connectivity index (χ1n) is 11.5. The van der Waals surface area contributed by atoms with Gasteiger partial charge in [0.2, 0.25) is 5.88 Å². The maximum Gasteiger partial charge on any atom is 0.206 e. The number of aliphatic hydroxyl groups excluding tert-OH is 1. The van der Waals surface area contributed by atoms with E-state index in [1.165, 1.54) is 0 Å². The van der Waals surface area contributed by atoms with Gasteiger partial charge in [-0.1, -0.05) is 48.5 Å². The van der Waals surface area contributed by atoms with Crippen molar-refractivity contribution in [2.75, 3.05) is 13.2 Å². The van der Waals surface area contributed by atoms with Crippen molar-refractivity contribution < 1.29 is 15.0 Å². The van der Waals surface area contributed by atoms with E-state index in [4.69, 9.17) is 10.1 Å². The van der Waals surface area contributed by atoms with Crippen molar-refractivity contribution >= 4 is 22.4 Å². The summed E-state index contributed by atoms with van der Waals surface area (Å²) in [5, 5.41) is 21.6. The van der Waals surface area contributed by atoms with E-state index >= 15 is 0 Å². The molecule has 0 aliphatic rings. The van der Waals surface area contributed by atoms with Gasteiger partial charge in [-0.15, -0.1) is 0 Å². The number of hydrogen-bond donors (Lipinski definition) is 2. The Kier molecular flexibility index (Phi) is 6.94. The fourth-order valence-electron chi connectivity index (χ4n) is 4.39. The second-order valence-corrected chi connectivity index (χ2v) is 8.80. The van der Waals surface area contributed by atoms with E-state index in [1.54, 1.807) is 0 Å². The molecule has 0 unspecified atom stereocenters. The molecular weight excluding hydrogens is 424 g/mol. The number of carbonyl (C=O) groups excluding carboxylic acids is 1. The van der Waals surface area contributed by atoms with Crippen molar-refractivity contribution in [2.45, 2.75) is 33.6 Å². The highest BCUT2D eigenvalue weighted by atomic mass is 16.3. The number of hydrogen-bond acceptors (Lipinski definition) is 4. The lowest BCUT2D eigenvalue weighted by molar-refractivity contribution is -0.117. The third-order valence-electron chi connectivity index (χ3n) is 5.87. The highest BCUT2D eigenvalue weighted by molar-refractivity contribution is 6.22. The van der Waals surface area contributed by atoms with Crippen molar-refractivity contribution in [3.05, 3.63) is 94.5 Å². The van der Waals surface area contributed by atoms with E-state index in [2.05, 4.69) is 24.3 Å². The molecular formula is C29H30N2O3. The highest BCUT2D eigenvalue weighted by Gasteiger charge is 2.23. The van der Waals surface area contributed by atoms with Gasteiger partial charge < -0.3 is 10.2 Å². The Hall–Kier alpha value is -3.70. The molecule has 5 heteroatoms. The third kappa shape index (κ3) is 4.80. The van der Waals surface area contributed by atoms with E-state index in [0.717, 1.165) is 38.8 Å². The minimum Gasteiger partial charge on any atom is -0.494 e. The van der Waals surface area contributed by atoms with Gasteiger partial charge in [0, 0.05) is 29.7 Å². The molecule has 0 spiro atoms. The second kappa shape index (κ2) is 10.1. The van der Waals surface area contributed by atoms with Crippen molar-refractivity contribution in [1.29, 1.82) is 0 Å². The molecule has 0 fully saturated rings. The SMILES string of the molecule is Cc1cc(C)cc(-n2c(O)c(C(=NCC(=O)CCCO)c3ccccc3)c3ccc(C)cc32)c1. The Balaban J connectivity index is 1.97. The van der Waals surface area contributed by atoms with Crippen LogP contribution in [-0.4, -0.2) is 39.4 Å². The summed E-state index contributed by atoms with van der Waals surface area (Å²) in [7, 11) is 0. The van der Waals surface area contributed by atoms with Crippen molar-refractivity contribution in [2.24, 2.45) is 4.99 Å². The normalized spacial score (nSPS) is 11.8. The molecule has 0 radical (unpaired) electrons. The summed E-state index contributed by atoms with van der Waals surface area (Å²) in [6.45, 7) is 6.08. The number of nitrogens with zero attached hydrogens (tertiary/aromatic N) is 2. The van der Waals surface area contributed by atoms with Crippen LogP contribution in [0.1, 0.15) is 40.7 Å². The summed E-state index contributed by atoms with van der Waals surface area (Å²) in [6, 6.07) is 21.9. The van der Waals surface area contributed by atoms with E-state index < -0.39 is 0 Å². The quantitative estimate of drug-likeness (QED) is 0.348. The predicted molar refractivity (Wildman–Crippen MR) is 137 cm³/mol. The maximum atomic E-state index is 12.4. The van der Waals surface area contributed by atoms with Gasteiger partial charge in [-0.25, -0.2) is 0 Å². The number of Topliss-reactive ketones (excluding diaryl/α,β-unsaturated/α-hetero) is 1. The molecule has 2 N–H and O–H groups in total. The maximum absolute atomic E-state index is 12.4. The Morgan fingerprint density at radius 1 is 0.912 bits per heavy atom. The zero-order valence-electron chi connectivity index (χ0n) is 19.9. The monoisotopic (exact) mass is 454 g/mol. The van der Waals surface area contributed by atoms with Crippen LogP contribution >= 0.6 is 0 Å². The van der Waals surface area contributed by atoms with Crippen LogP contribution in [0, 0.1) is 20.8 Å². The van der Waals surface area contributed by atoms with E-state index in [0.29, 0.717) is 17.7 Å². The third-order valence-corrected chi connectivity index (χ3v) is 5.87. The lowest BCUT2D eigenvalue weighted by Gasteiger charge is -2.11. The lowest BCUT2D eigenvalue weighted by atomic mass is 10.0. The number of aliphatic hydroxyl groups is 1.